The van der Waals surface area contributed by atoms with E-state index in [1.165, 1.54) is 9.90 Å². The minimum Gasteiger partial charge on any atom is -0.270 e. The Morgan fingerprint density at radius 2 is 1.91 bits per heavy atom. The third-order valence-electron chi connectivity index (χ3n) is 4.02. The predicted molar refractivity (Wildman–Crippen MR) is 98.9 cm³/mol. The van der Waals surface area contributed by atoms with Crippen LogP contribution in [-0.2, 0) is 4.79 Å². The maximum absolute atomic E-state index is 13.0. The third-order valence-corrected chi connectivity index (χ3v) is 6.46. The van der Waals surface area contributed by atoms with E-state index in [-0.39, 0.29) is 5.91 Å². The zero-order chi connectivity index (χ0) is 16.0. The number of thioether (sulfide) groups is 1. The number of nitrogens with zero attached hydrogens (tertiary/aromatic N) is 2. The Morgan fingerprint density at radius 3 is 2.70 bits per heavy atom. The summed E-state index contributed by atoms with van der Waals surface area (Å²) in [4.78, 5) is 14.2. The Balaban J connectivity index is 1.86. The first-order valence-electron chi connectivity index (χ1n) is 7.20. The maximum Gasteiger partial charge on any atom is 0.270 e. The molecule has 0 N–H and O–H groups in total. The maximum atomic E-state index is 13.0. The van der Waals surface area contributed by atoms with E-state index in [4.69, 9.17) is 11.6 Å². The molecule has 0 saturated carbocycles. The summed E-state index contributed by atoms with van der Waals surface area (Å²) in [5.74, 6) is 0.814. The molecule has 1 amide bonds. The summed E-state index contributed by atoms with van der Waals surface area (Å²) in [5, 5.41) is 6.78. The van der Waals surface area contributed by atoms with Gasteiger partial charge in [-0.15, -0.1) is 11.8 Å². The molecule has 2 aromatic rings. The first kappa shape index (κ1) is 15.2. The van der Waals surface area contributed by atoms with Gasteiger partial charge in [0.2, 0.25) is 0 Å². The predicted octanol–water partition coefficient (Wildman–Crippen LogP) is 4.72. The summed E-state index contributed by atoms with van der Waals surface area (Å²) in [6.07, 6.45) is 0.702. The number of rotatable bonds is 1. The lowest BCUT2D eigenvalue weighted by atomic mass is 9.94. The largest absolute Gasteiger partial charge is 0.270 e. The number of carbonyl (C=O) groups is 1. The molecule has 2 heterocycles. The number of fused-ring (bicyclic) bond motifs is 3. The summed E-state index contributed by atoms with van der Waals surface area (Å²) < 4.78 is -0.758. The number of hydrogen-bond donors (Lipinski definition) is 0. The highest BCUT2D eigenvalue weighted by Gasteiger charge is 2.51. The Hall–Kier alpha value is -1.30. The van der Waals surface area contributed by atoms with Crippen LogP contribution in [0.15, 0.2) is 58.5 Å². The van der Waals surface area contributed by atoms with Gasteiger partial charge in [-0.1, -0.05) is 45.7 Å². The number of amides is 1. The van der Waals surface area contributed by atoms with Gasteiger partial charge in [0.05, 0.1) is 11.4 Å². The van der Waals surface area contributed by atoms with Crippen LogP contribution < -0.4 is 5.01 Å². The van der Waals surface area contributed by atoms with Gasteiger partial charge in [-0.05, 0) is 36.8 Å². The minimum atomic E-state index is -0.758. The minimum absolute atomic E-state index is 0.0490. The van der Waals surface area contributed by atoms with E-state index < -0.39 is 4.32 Å². The van der Waals surface area contributed by atoms with Gasteiger partial charge in [0.15, 0.2) is 4.32 Å². The van der Waals surface area contributed by atoms with Gasteiger partial charge in [0, 0.05) is 21.2 Å². The lowest BCUT2D eigenvalue weighted by molar-refractivity contribution is -0.118. The van der Waals surface area contributed by atoms with Crippen LogP contribution in [0.1, 0.15) is 12.0 Å². The molecule has 116 valence electrons. The van der Waals surface area contributed by atoms with Crippen LogP contribution in [-0.4, -0.2) is 21.7 Å². The van der Waals surface area contributed by atoms with Gasteiger partial charge >= 0.3 is 0 Å². The lowest BCUT2D eigenvalue weighted by Gasteiger charge is -2.21. The van der Waals surface area contributed by atoms with Crippen molar-refractivity contribution in [2.24, 2.45) is 5.10 Å². The van der Waals surface area contributed by atoms with Crippen molar-refractivity contribution in [3.8, 4) is 0 Å². The van der Waals surface area contributed by atoms with Crippen molar-refractivity contribution in [3.63, 3.8) is 0 Å². The number of alkyl halides is 1. The molecule has 0 bridgehead atoms. The van der Waals surface area contributed by atoms with Crippen LogP contribution in [0.4, 0.5) is 5.69 Å². The Kier molecular flexibility index (Phi) is 3.75. The fourth-order valence-corrected chi connectivity index (χ4v) is 5.00. The van der Waals surface area contributed by atoms with Gasteiger partial charge in [-0.2, -0.15) is 10.1 Å². The zero-order valence-electron chi connectivity index (χ0n) is 12.0. The molecule has 2 aliphatic heterocycles. The number of benzene rings is 2. The number of hydrogen-bond acceptors (Lipinski definition) is 3. The fourth-order valence-electron chi connectivity index (χ4n) is 2.83. The Morgan fingerprint density at radius 1 is 1.17 bits per heavy atom. The Labute approximate surface area is 151 Å². The molecule has 1 atom stereocenters. The zero-order valence-corrected chi connectivity index (χ0v) is 15.2. The van der Waals surface area contributed by atoms with Crippen molar-refractivity contribution in [2.75, 3.05) is 10.8 Å². The summed E-state index contributed by atoms with van der Waals surface area (Å²) in [6.45, 7) is 0. The molecule has 0 aliphatic carbocycles. The second kappa shape index (κ2) is 5.65. The van der Waals surface area contributed by atoms with E-state index in [1.807, 2.05) is 30.3 Å². The van der Waals surface area contributed by atoms with Gasteiger partial charge in [-0.3, -0.25) is 4.79 Å². The van der Waals surface area contributed by atoms with E-state index in [0.29, 0.717) is 11.4 Å². The van der Waals surface area contributed by atoms with E-state index in [2.05, 4.69) is 27.1 Å². The van der Waals surface area contributed by atoms with Gasteiger partial charge in [0.1, 0.15) is 0 Å². The Bertz CT molecular complexity index is 824. The first-order valence-corrected chi connectivity index (χ1v) is 9.35. The number of halogens is 2. The molecule has 2 aromatic carbocycles. The van der Waals surface area contributed by atoms with E-state index in [0.717, 1.165) is 22.7 Å². The highest BCUT2D eigenvalue weighted by Crippen LogP contribution is 2.43. The van der Waals surface area contributed by atoms with Crippen LogP contribution in [0.3, 0.4) is 0 Å². The molecular formula is C17H12BrClN2OS. The number of hydrazone groups is 1. The van der Waals surface area contributed by atoms with Crippen molar-refractivity contribution in [2.45, 2.75) is 15.6 Å². The average Bonchev–Trinajstić information content (AvgIpc) is 2.73. The molecule has 0 radical (unpaired) electrons. The second-order valence-corrected chi connectivity index (χ2v) is 8.36. The van der Waals surface area contributed by atoms with E-state index in [1.54, 1.807) is 23.9 Å². The number of carbonyl (C=O) groups excluding carboxylic acids is 1. The first-order chi connectivity index (χ1) is 11.1. The summed E-state index contributed by atoms with van der Waals surface area (Å²) >= 11 is 11.4. The molecule has 1 unspecified atom stereocenters. The normalized spacial score (nSPS) is 23.1. The van der Waals surface area contributed by atoms with Crippen LogP contribution in [0, 0.1) is 0 Å². The molecule has 4 rings (SSSR count). The van der Waals surface area contributed by atoms with Crippen molar-refractivity contribution < 1.29 is 4.79 Å². The van der Waals surface area contributed by atoms with Crippen LogP contribution in [0.5, 0.6) is 0 Å². The lowest BCUT2D eigenvalue weighted by Crippen LogP contribution is -2.41. The van der Waals surface area contributed by atoms with Gasteiger partial charge in [-0.25, -0.2) is 0 Å². The molecule has 0 spiro atoms. The standard InChI is InChI=1S/C17H12BrClN2OS/c18-17-9-10-23-14-4-2-1-3-13(14)15(17)20-21(16(17)22)12-7-5-11(19)6-8-12/h1-8H,9-10H2. The molecule has 0 fully saturated rings. The topological polar surface area (TPSA) is 32.7 Å². The molecule has 2 aliphatic rings. The summed E-state index contributed by atoms with van der Waals surface area (Å²) in [5.41, 5.74) is 2.54. The molecule has 0 saturated heterocycles. The van der Waals surface area contributed by atoms with Gasteiger partial charge in [0.25, 0.3) is 5.91 Å². The van der Waals surface area contributed by atoms with Gasteiger partial charge < -0.3 is 0 Å². The molecule has 6 heteroatoms. The fraction of sp³-hybridized carbons (Fsp3) is 0.176. The number of anilines is 1. The quantitative estimate of drug-likeness (QED) is 0.641. The SMILES string of the molecule is O=C1N(c2ccc(Cl)cc2)N=C2c3ccccc3SCCC12Br. The van der Waals surface area contributed by atoms with Crippen LogP contribution >= 0.6 is 39.3 Å². The highest BCUT2D eigenvalue weighted by atomic mass is 79.9. The van der Waals surface area contributed by atoms with E-state index >= 15 is 0 Å². The molecule has 3 nitrogen and oxygen atoms in total. The van der Waals surface area contributed by atoms with Crippen molar-refractivity contribution in [1.29, 1.82) is 0 Å². The molecule has 0 aromatic heterocycles. The van der Waals surface area contributed by atoms with Crippen molar-refractivity contribution in [1.82, 2.24) is 0 Å². The van der Waals surface area contributed by atoms with E-state index in [9.17, 15) is 4.79 Å². The highest BCUT2D eigenvalue weighted by molar-refractivity contribution is 9.10. The smallest absolute Gasteiger partial charge is 0.270 e. The van der Waals surface area contributed by atoms with Crippen molar-refractivity contribution >= 4 is 56.6 Å². The third kappa shape index (κ3) is 2.42. The summed E-state index contributed by atoms with van der Waals surface area (Å²) in [6, 6.07) is 15.3. The van der Waals surface area contributed by atoms with Crippen molar-refractivity contribution in [3.05, 3.63) is 59.1 Å². The molecular weight excluding hydrogens is 396 g/mol. The molecule has 23 heavy (non-hydrogen) atoms. The van der Waals surface area contributed by atoms with Crippen LogP contribution in [0.25, 0.3) is 0 Å². The second-order valence-electron chi connectivity index (χ2n) is 5.44. The summed E-state index contributed by atoms with van der Waals surface area (Å²) in [7, 11) is 0. The monoisotopic (exact) mass is 406 g/mol. The average molecular weight is 408 g/mol. The van der Waals surface area contributed by atoms with Crippen LogP contribution in [0.2, 0.25) is 5.02 Å².